The summed E-state index contributed by atoms with van der Waals surface area (Å²) in [5, 5.41) is 13.7. The summed E-state index contributed by atoms with van der Waals surface area (Å²) < 4.78 is 0. The largest absolute Gasteiger partial charge is 0.395 e. The lowest BCUT2D eigenvalue weighted by Gasteiger charge is -2.21. The van der Waals surface area contributed by atoms with Gasteiger partial charge >= 0.3 is 11.8 Å². The number of carbonyl (C=O) groups excluding carboxylic acids is 2. The summed E-state index contributed by atoms with van der Waals surface area (Å²) in [5.74, 6) is -1.27. The zero-order chi connectivity index (χ0) is 17.4. The number of anilines is 1. The Morgan fingerprint density at radius 3 is 2.54 bits per heavy atom. The molecule has 0 radical (unpaired) electrons. The summed E-state index contributed by atoms with van der Waals surface area (Å²) in [5.41, 5.74) is 0.615. The van der Waals surface area contributed by atoms with Gasteiger partial charge in [-0.05, 0) is 17.9 Å². The molecule has 2 amide bonds. The van der Waals surface area contributed by atoms with Crippen molar-refractivity contribution in [1.82, 2.24) is 4.90 Å². The molecule has 0 heterocycles. The molecule has 2 rings (SSSR count). The SMILES string of the molecule is CCCCCN(CCO)C(=O)C(=O)Nc1cccc2ccccc12. The van der Waals surface area contributed by atoms with Gasteiger partial charge in [0.25, 0.3) is 0 Å². The summed E-state index contributed by atoms with van der Waals surface area (Å²) in [6.45, 7) is 2.58. The Hall–Kier alpha value is -2.40. The Balaban J connectivity index is 2.10. The summed E-state index contributed by atoms with van der Waals surface area (Å²) in [7, 11) is 0. The lowest BCUT2D eigenvalue weighted by molar-refractivity contribution is -0.143. The van der Waals surface area contributed by atoms with E-state index in [1.165, 1.54) is 4.90 Å². The highest BCUT2D eigenvalue weighted by Crippen LogP contribution is 2.22. The lowest BCUT2D eigenvalue weighted by atomic mass is 10.1. The van der Waals surface area contributed by atoms with E-state index in [1.54, 1.807) is 6.07 Å². The van der Waals surface area contributed by atoms with Crippen molar-refractivity contribution in [1.29, 1.82) is 0 Å². The number of rotatable bonds is 7. The Morgan fingerprint density at radius 2 is 1.79 bits per heavy atom. The van der Waals surface area contributed by atoms with Gasteiger partial charge in [0.2, 0.25) is 0 Å². The Bertz CT molecular complexity index is 695. The second-order valence-electron chi connectivity index (χ2n) is 5.70. The number of fused-ring (bicyclic) bond motifs is 1. The first-order valence-corrected chi connectivity index (χ1v) is 8.36. The highest BCUT2D eigenvalue weighted by atomic mass is 16.3. The number of unbranched alkanes of at least 4 members (excludes halogenated alkanes) is 2. The van der Waals surface area contributed by atoms with Gasteiger partial charge in [0.1, 0.15) is 0 Å². The maximum Gasteiger partial charge on any atom is 0.313 e. The third-order valence-corrected chi connectivity index (χ3v) is 3.92. The van der Waals surface area contributed by atoms with E-state index in [0.717, 1.165) is 30.0 Å². The van der Waals surface area contributed by atoms with E-state index in [1.807, 2.05) is 36.4 Å². The van der Waals surface area contributed by atoms with E-state index in [2.05, 4.69) is 12.2 Å². The number of hydrogen-bond acceptors (Lipinski definition) is 3. The highest BCUT2D eigenvalue weighted by molar-refractivity contribution is 6.40. The molecule has 0 spiro atoms. The topological polar surface area (TPSA) is 69.6 Å². The number of hydrogen-bond donors (Lipinski definition) is 2. The van der Waals surface area contributed by atoms with Gasteiger partial charge in [0.05, 0.1) is 6.61 Å². The van der Waals surface area contributed by atoms with Crippen LogP contribution in [0, 0.1) is 0 Å². The third kappa shape index (κ3) is 4.55. The molecule has 5 nitrogen and oxygen atoms in total. The molecule has 0 atom stereocenters. The van der Waals surface area contributed by atoms with Gasteiger partial charge in [-0.25, -0.2) is 0 Å². The molecule has 5 heteroatoms. The van der Waals surface area contributed by atoms with Crippen LogP contribution < -0.4 is 5.32 Å². The Morgan fingerprint density at radius 1 is 1.04 bits per heavy atom. The van der Waals surface area contributed by atoms with Crippen LogP contribution in [0.3, 0.4) is 0 Å². The fourth-order valence-corrected chi connectivity index (χ4v) is 2.64. The minimum Gasteiger partial charge on any atom is -0.395 e. The van der Waals surface area contributed by atoms with Crippen LogP contribution >= 0.6 is 0 Å². The molecule has 128 valence electrons. The third-order valence-electron chi connectivity index (χ3n) is 3.92. The number of nitrogens with one attached hydrogen (secondary N) is 1. The van der Waals surface area contributed by atoms with Crippen LogP contribution in [0.1, 0.15) is 26.2 Å². The maximum atomic E-state index is 12.4. The summed E-state index contributed by atoms with van der Waals surface area (Å²) in [6, 6.07) is 13.3. The maximum absolute atomic E-state index is 12.4. The number of aliphatic hydroxyl groups excluding tert-OH is 1. The van der Waals surface area contributed by atoms with E-state index in [0.29, 0.717) is 12.2 Å². The zero-order valence-corrected chi connectivity index (χ0v) is 14.0. The number of amides is 2. The molecular formula is C19H24N2O3. The monoisotopic (exact) mass is 328 g/mol. The summed E-state index contributed by atoms with van der Waals surface area (Å²) in [4.78, 5) is 26.1. The van der Waals surface area contributed by atoms with Crippen molar-refractivity contribution < 1.29 is 14.7 Å². The molecule has 2 N–H and O–H groups in total. The van der Waals surface area contributed by atoms with E-state index in [4.69, 9.17) is 5.11 Å². The van der Waals surface area contributed by atoms with Gasteiger partial charge < -0.3 is 15.3 Å². The van der Waals surface area contributed by atoms with Crippen LogP contribution in [0.4, 0.5) is 5.69 Å². The zero-order valence-electron chi connectivity index (χ0n) is 14.0. The molecule has 0 aliphatic rings. The summed E-state index contributed by atoms with van der Waals surface area (Å²) in [6.07, 6.45) is 2.84. The number of benzene rings is 2. The van der Waals surface area contributed by atoms with Gasteiger partial charge in [-0.1, -0.05) is 56.2 Å². The van der Waals surface area contributed by atoms with Crippen molar-refractivity contribution >= 4 is 28.3 Å². The van der Waals surface area contributed by atoms with Crippen molar-refractivity contribution in [3.8, 4) is 0 Å². The molecule has 0 aromatic heterocycles. The van der Waals surface area contributed by atoms with Crippen molar-refractivity contribution in [3.05, 3.63) is 42.5 Å². The fourth-order valence-electron chi connectivity index (χ4n) is 2.64. The lowest BCUT2D eigenvalue weighted by Crippen LogP contribution is -2.41. The van der Waals surface area contributed by atoms with E-state index >= 15 is 0 Å². The van der Waals surface area contributed by atoms with Crippen LogP contribution in [-0.4, -0.2) is 41.5 Å². The van der Waals surface area contributed by atoms with Crippen LogP contribution in [0.25, 0.3) is 10.8 Å². The van der Waals surface area contributed by atoms with Gasteiger partial charge in [-0.15, -0.1) is 0 Å². The highest BCUT2D eigenvalue weighted by Gasteiger charge is 2.21. The molecule has 2 aromatic rings. The minimum atomic E-state index is -0.670. The Labute approximate surface area is 142 Å². The van der Waals surface area contributed by atoms with Gasteiger partial charge in [0.15, 0.2) is 0 Å². The van der Waals surface area contributed by atoms with Crippen molar-refractivity contribution in [2.75, 3.05) is 25.0 Å². The van der Waals surface area contributed by atoms with Crippen molar-refractivity contribution in [2.45, 2.75) is 26.2 Å². The molecule has 0 saturated carbocycles. The van der Waals surface area contributed by atoms with E-state index in [-0.39, 0.29) is 13.2 Å². The average Bonchev–Trinajstić information content (AvgIpc) is 2.61. The second-order valence-corrected chi connectivity index (χ2v) is 5.70. The molecular weight excluding hydrogens is 304 g/mol. The first kappa shape index (κ1) is 17.9. The predicted molar refractivity (Wildman–Crippen MR) is 95.8 cm³/mol. The summed E-state index contributed by atoms with van der Waals surface area (Å²) >= 11 is 0. The first-order chi connectivity index (χ1) is 11.7. The number of carbonyl (C=O) groups is 2. The molecule has 2 aromatic carbocycles. The molecule has 0 aliphatic carbocycles. The molecule has 24 heavy (non-hydrogen) atoms. The predicted octanol–water partition coefficient (Wildman–Crippen LogP) is 2.79. The van der Waals surface area contributed by atoms with Crippen molar-refractivity contribution in [2.24, 2.45) is 0 Å². The molecule has 0 saturated heterocycles. The standard InChI is InChI=1S/C19H24N2O3/c1-2-3-6-12-21(13-14-22)19(24)18(23)20-17-11-7-9-15-8-4-5-10-16(15)17/h4-5,7-11,22H,2-3,6,12-14H2,1H3,(H,20,23). The second kappa shape index (κ2) is 9.03. The molecule has 0 aliphatic heterocycles. The fraction of sp³-hybridized carbons (Fsp3) is 0.368. The normalized spacial score (nSPS) is 10.6. The van der Waals surface area contributed by atoms with Crippen molar-refractivity contribution in [3.63, 3.8) is 0 Å². The smallest absolute Gasteiger partial charge is 0.313 e. The Kier molecular flexibility index (Phi) is 6.75. The minimum absolute atomic E-state index is 0.153. The molecule has 0 bridgehead atoms. The van der Waals surface area contributed by atoms with Crippen LogP contribution in [-0.2, 0) is 9.59 Å². The van der Waals surface area contributed by atoms with Crippen LogP contribution in [0.15, 0.2) is 42.5 Å². The number of aliphatic hydroxyl groups is 1. The van der Waals surface area contributed by atoms with Crippen LogP contribution in [0.2, 0.25) is 0 Å². The average molecular weight is 328 g/mol. The van der Waals surface area contributed by atoms with Crippen LogP contribution in [0.5, 0.6) is 0 Å². The molecule has 0 fully saturated rings. The number of nitrogens with zero attached hydrogens (tertiary/aromatic N) is 1. The first-order valence-electron chi connectivity index (χ1n) is 8.36. The van der Waals surface area contributed by atoms with E-state index in [9.17, 15) is 9.59 Å². The van der Waals surface area contributed by atoms with Gasteiger partial charge in [0, 0.05) is 24.2 Å². The quantitative estimate of drug-likeness (QED) is 0.606. The van der Waals surface area contributed by atoms with Gasteiger partial charge in [-0.3, -0.25) is 9.59 Å². The molecule has 0 unspecified atom stereocenters. The van der Waals surface area contributed by atoms with Gasteiger partial charge in [-0.2, -0.15) is 0 Å². The van der Waals surface area contributed by atoms with E-state index < -0.39 is 11.8 Å².